The molecule has 0 radical (unpaired) electrons. The second-order valence-corrected chi connectivity index (χ2v) is 6.60. The quantitative estimate of drug-likeness (QED) is 0.696. The summed E-state index contributed by atoms with van der Waals surface area (Å²) in [7, 11) is 3.44. The summed E-state index contributed by atoms with van der Waals surface area (Å²) in [6, 6.07) is 8.16. The summed E-state index contributed by atoms with van der Waals surface area (Å²) < 4.78 is 6.74. The molecule has 8 heteroatoms. The number of amides is 1. The lowest BCUT2D eigenvalue weighted by Gasteiger charge is -2.14. The molecule has 1 amide bonds. The number of hydrogen-bond donors (Lipinski definition) is 1. The van der Waals surface area contributed by atoms with Crippen LogP contribution in [0.2, 0.25) is 0 Å². The number of carbonyl (C=O) groups excluding carboxylic acids is 1. The molecule has 0 fully saturated rings. The Morgan fingerprint density at radius 3 is 2.75 bits per heavy atom. The van der Waals surface area contributed by atoms with Gasteiger partial charge in [0.25, 0.3) is 0 Å². The van der Waals surface area contributed by atoms with Crippen LogP contribution in [0.5, 0.6) is 5.75 Å². The number of nitrogens with zero attached hydrogens (tertiary/aromatic N) is 4. The van der Waals surface area contributed by atoms with Gasteiger partial charge in [0.2, 0.25) is 11.1 Å². The Morgan fingerprint density at radius 2 is 2.12 bits per heavy atom. The second-order valence-electron chi connectivity index (χ2n) is 5.54. The predicted molar refractivity (Wildman–Crippen MR) is 93.1 cm³/mol. The molecule has 1 N–H and O–H groups in total. The maximum Gasteiger partial charge on any atom is 0.221 e. The van der Waals surface area contributed by atoms with E-state index >= 15 is 0 Å². The fraction of sp³-hybridized carbons (Fsp3) is 0.500. The number of thioether (sulfide) groups is 1. The molecule has 1 atom stereocenters. The molecule has 24 heavy (non-hydrogen) atoms. The topological polar surface area (TPSA) is 81.9 Å². The van der Waals surface area contributed by atoms with Crippen molar-refractivity contribution in [3.63, 3.8) is 0 Å². The molecule has 0 aliphatic rings. The molecule has 130 valence electrons. The minimum atomic E-state index is 0.0554. The van der Waals surface area contributed by atoms with E-state index in [0.29, 0.717) is 12.2 Å². The van der Waals surface area contributed by atoms with Gasteiger partial charge in [0.1, 0.15) is 5.75 Å². The number of aromatic nitrogens is 4. The summed E-state index contributed by atoms with van der Waals surface area (Å²) in [5.74, 6) is 1.57. The van der Waals surface area contributed by atoms with Gasteiger partial charge in [-0.15, -0.1) is 5.10 Å². The summed E-state index contributed by atoms with van der Waals surface area (Å²) >= 11 is 1.48. The van der Waals surface area contributed by atoms with Crippen molar-refractivity contribution in [1.29, 1.82) is 0 Å². The van der Waals surface area contributed by atoms with E-state index < -0.39 is 0 Å². The highest BCUT2D eigenvalue weighted by atomic mass is 32.2. The van der Waals surface area contributed by atoms with Gasteiger partial charge in [0.05, 0.1) is 7.11 Å². The predicted octanol–water partition coefficient (Wildman–Crippen LogP) is 1.84. The van der Waals surface area contributed by atoms with Gasteiger partial charge in [-0.1, -0.05) is 23.9 Å². The lowest BCUT2D eigenvalue weighted by atomic mass is 10.1. The molecule has 0 saturated heterocycles. The SMILES string of the molecule is COc1ccc(CCC(C)NC(=O)CCSc2nnnn2C)cc1. The lowest BCUT2D eigenvalue weighted by molar-refractivity contribution is -0.121. The minimum absolute atomic E-state index is 0.0554. The molecule has 1 aromatic carbocycles. The average molecular weight is 349 g/mol. The van der Waals surface area contributed by atoms with Crippen LogP contribution in [-0.2, 0) is 18.3 Å². The van der Waals surface area contributed by atoms with E-state index in [-0.39, 0.29) is 11.9 Å². The van der Waals surface area contributed by atoms with Gasteiger partial charge >= 0.3 is 0 Å². The minimum Gasteiger partial charge on any atom is -0.497 e. The van der Waals surface area contributed by atoms with Crippen LogP contribution in [0.15, 0.2) is 29.4 Å². The molecule has 0 saturated carbocycles. The Balaban J connectivity index is 1.64. The highest BCUT2D eigenvalue weighted by molar-refractivity contribution is 7.99. The van der Waals surface area contributed by atoms with Gasteiger partial charge in [-0.25, -0.2) is 4.68 Å². The molecule has 2 rings (SSSR count). The fourth-order valence-electron chi connectivity index (χ4n) is 2.17. The molecule has 1 heterocycles. The first-order valence-electron chi connectivity index (χ1n) is 7.86. The fourth-order valence-corrected chi connectivity index (χ4v) is 2.96. The highest BCUT2D eigenvalue weighted by Crippen LogP contribution is 2.14. The third kappa shape index (κ3) is 5.84. The van der Waals surface area contributed by atoms with Crippen molar-refractivity contribution in [2.45, 2.75) is 37.4 Å². The zero-order valence-electron chi connectivity index (χ0n) is 14.2. The second kappa shape index (κ2) is 9.27. The number of rotatable bonds is 9. The van der Waals surface area contributed by atoms with Crippen molar-refractivity contribution in [1.82, 2.24) is 25.5 Å². The Bertz CT molecular complexity index is 644. The molecule has 0 spiro atoms. The molecule has 7 nitrogen and oxygen atoms in total. The van der Waals surface area contributed by atoms with E-state index in [1.165, 1.54) is 17.3 Å². The summed E-state index contributed by atoms with van der Waals surface area (Å²) in [5.41, 5.74) is 1.24. The van der Waals surface area contributed by atoms with E-state index in [2.05, 4.69) is 33.0 Å². The number of hydrogen-bond acceptors (Lipinski definition) is 6. The number of aryl methyl sites for hydroxylation is 2. The van der Waals surface area contributed by atoms with Crippen LogP contribution in [-0.4, -0.2) is 45.0 Å². The number of nitrogens with one attached hydrogen (secondary N) is 1. The van der Waals surface area contributed by atoms with Crippen LogP contribution in [0.4, 0.5) is 0 Å². The molecule has 0 bridgehead atoms. The van der Waals surface area contributed by atoms with Crippen molar-refractivity contribution in [3.8, 4) is 5.75 Å². The Kier molecular flexibility index (Phi) is 7.05. The molecule has 1 aromatic heterocycles. The van der Waals surface area contributed by atoms with E-state index in [1.54, 1.807) is 18.8 Å². The van der Waals surface area contributed by atoms with E-state index in [1.807, 2.05) is 19.1 Å². The van der Waals surface area contributed by atoms with Gasteiger partial charge in [-0.05, 0) is 47.9 Å². The molecular formula is C16H23N5O2S. The number of methoxy groups -OCH3 is 1. The largest absolute Gasteiger partial charge is 0.497 e. The van der Waals surface area contributed by atoms with E-state index in [9.17, 15) is 4.79 Å². The average Bonchev–Trinajstić information content (AvgIpc) is 2.98. The summed E-state index contributed by atoms with van der Waals surface area (Å²) in [6.07, 6.45) is 2.27. The number of carbonyl (C=O) groups is 1. The summed E-state index contributed by atoms with van der Waals surface area (Å²) in [6.45, 7) is 2.03. The van der Waals surface area contributed by atoms with Crippen molar-refractivity contribution in [2.75, 3.05) is 12.9 Å². The smallest absolute Gasteiger partial charge is 0.221 e. The molecule has 0 aliphatic carbocycles. The Labute approximate surface area is 146 Å². The van der Waals surface area contributed by atoms with Crippen molar-refractivity contribution in [3.05, 3.63) is 29.8 Å². The van der Waals surface area contributed by atoms with Gasteiger partial charge in [0, 0.05) is 25.3 Å². The van der Waals surface area contributed by atoms with Gasteiger partial charge < -0.3 is 10.1 Å². The zero-order chi connectivity index (χ0) is 17.4. The van der Waals surface area contributed by atoms with Crippen LogP contribution in [0.1, 0.15) is 25.3 Å². The molecule has 0 aliphatic heterocycles. The maximum atomic E-state index is 12.0. The number of benzene rings is 1. The standard InChI is InChI=1S/C16H23N5O2S/c1-12(4-5-13-6-8-14(23-3)9-7-13)17-15(22)10-11-24-16-18-19-20-21(16)2/h6-9,12H,4-5,10-11H2,1-3H3,(H,17,22). The number of ether oxygens (including phenoxy) is 1. The van der Waals surface area contributed by atoms with Crippen LogP contribution in [0.3, 0.4) is 0 Å². The monoisotopic (exact) mass is 349 g/mol. The molecular weight excluding hydrogens is 326 g/mol. The van der Waals surface area contributed by atoms with Crippen molar-refractivity contribution >= 4 is 17.7 Å². The van der Waals surface area contributed by atoms with Crippen molar-refractivity contribution in [2.24, 2.45) is 7.05 Å². The third-order valence-corrected chi connectivity index (χ3v) is 4.59. The van der Waals surface area contributed by atoms with Crippen LogP contribution < -0.4 is 10.1 Å². The first-order chi connectivity index (χ1) is 11.6. The maximum absolute atomic E-state index is 12.0. The van der Waals surface area contributed by atoms with Crippen molar-refractivity contribution < 1.29 is 9.53 Å². The van der Waals surface area contributed by atoms with E-state index in [4.69, 9.17) is 4.74 Å². The highest BCUT2D eigenvalue weighted by Gasteiger charge is 2.09. The lowest BCUT2D eigenvalue weighted by Crippen LogP contribution is -2.33. The Morgan fingerprint density at radius 1 is 1.38 bits per heavy atom. The normalized spacial score (nSPS) is 12.0. The molecule has 1 unspecified atom stereocenters. The zero-order valence-corrected chi connectivity index (χ0v) is 15.0. The first kappa shape index (κ1) is 18.3. The van der Waals surface area contributed by atoms with Crippen LogP contribution in [0, 0.1) is 0 Å². The van der Waals surface area contributed by atoms with Gasteiger partial charge in [0.15, 0.2) is 0 Å². The summed E-state index contributed by atoms with van der Waals surface area (Å²) in [5, 5.41) is 14.9. The summed E-state index contributed by atoms with van der Waals surface area (Å²) in [4.78, 5) is 12.0. The number of tetrazole rings is 1. The third-order valence-electron chi connectivity index (χ3n) is 3.57. The van der Waals surface area contributed by atoms with Crippen LogP contribution >= 0.6 is 11.8 Å². The molecule has 2 aromatic rings. The van der Waals surface area contributed by atoms with Crippen LogP contribution in [0.25, 0.3) is 0 Å². The van der Waals surface area contributed by atoms with Gasteiger partial charge in [-0.2, -0.15) is 0 Å². The van der Waals surface area contributed by atoms with E-state index in [0.717, 1.165) is 23.7 Å². The van der Waals surface area contributed by atoms with Gasteiger partial charge in [-0.3, -0.25) is 4.79 Å². The first-order valence-corrected chi connectivity index (χ1v) is 8.84. The Hall–Kier alpha value is -2.09.